The molecule has 114 valence electrons. The molecule has 3 aromatic rings. The zero-order chi connectivity index (χ0) is 18.2. The van der Waals surface area contributed by atoms with Gasteiger partial charge in [0.25, 0.3) is 0 Å². The molecule has 2 heterocycles. The van der Waals surface area contributed by atoms with Crippen LogP contribution in [0.4, 0.5) is 0 Å². The molecule has 0 saturated heterocycles. The van der Waals surface area contributed by atoms with Crippen LogP contribution in [-0.4, -0.2) is 25.2 Å². The second kappa shape index (κ2) is 5.88. The van der Waals surface area contributed by atoms with Crippen molar-refractivity contribution < 1.29 is 13.1 Å². The van der Waals surface area contributed by atoms with E-state index in [1.165, 1.54) is 12.5 Å². The molecule has 2 aromatic heterocycles. The monoisotopic (exact) mass is 318 g/mol. The Morgan fingerprint density at radius 3 is 2.95 bits per heavy atom. The van der Waals surface area contributed by atoms with E-state index in [-0.39, 0.29) is 11.5 Å². The third-order valence-electron chi connectivity index (χ3n) is 3.55. The number of benzene rings is 1. The van der Waals surface area contributed by atoms with Crippen LogP contribution in [0, 0.1) is 13.8 Å². The molecular formula is C16H17N3O2S. The first-order valence-corrected chi connectivity index (χ1v) is 7.99. The third kappa shape index (κ3) is 2.50. The Kier molecular flexibility index (Phi) is 3.04. The Morgan fingerprint density at radius 1 is 1.32 bits per heavy atom. The maximum Gasteiger partial charge on any atom is 0.131 e. The Hall–Kier alpha value is -2.21. The van der Waals surface area contributed by atoms with Crippen molar-refractivity contribution in [1.29, 1.82) is 0 Å². The molecule has 0 radical (unpaired) electrons. The number of ether oxygens (including phenoxy) is 1. The minimum Gasteiger partial charge on any atom is -0.496 e. The predicted molar refractivity (Wildman–Crippen MR) is 87.2 cm³/mol. The van der Waals surface area contributed by atoms with E-state index in [9.17, 15) is 4.21 Å². The summed E-state index contributed by atoms with van der Waals surface area (Å²) in [5.41, 5.74) is 3.26. The van der Waals surface area contributed by atoms with Crippen LogP contribution in [0.25, 0.3) is 11.0 Å². The molecule has 0 amide bonds. The van der Waals surface area contributed by atoms with Gasteiger partial charge in [-0.25, -0.2) is 13.2 Å². The Labute approximate surface area is 135 Å². The topological polar surface area (TPSA) is 57.0 Å². The van der Waals surface area contributed by atoms with E-state index in [1.54, 1.807) is 17.8 Å². The van der Waals surface area contributed by atoms with Gasteiger partial charge >= 0.3 is 0 Å². The summed E-state index contributed by atoms with van der Waals surface area (Å²) >= 11 is 0. The molecule has 5 nitrogen and oxygen atoms in total. The lowest BCUT2D eigenvalue weighted by Gasteiger charge is -2.12. The smallest absolute Gasteiger partial charge is 0.131 e. The van der Waals surface area contributed by atoms with E-state index in [0.29, 0.717) is 16.8 Å². The van der Waals surface area contributed by atoms with E-state index < -0.39 is 18.0 Å². The van der Waals surface area contributed by atoms with Gasteiger partial charge in [-0.05, 0) is 26.0 Å². The van der Waals surface area contributed by atoms with Crippen molar-refractivity contribution in [3.63, 3.8) is 0 Å². The van der Waals surface area contributed by atoms with Crippen molar-refractivity contribution in [3.8, 4) is 5.75 Å². The summed E-state index contributed by atoms with van der Waals surface area (Å²) in [6.07, 6.45) is 3.07. The van der Waals surface area contributed by atoms with Crippen LogP contribution in [-0.2, 0) is 16.7 Å². The van der Waals surface area contributed by atoms with Crippen LogP contribution < -0.4 is 4.74 Å². The lowest BCUT2D eigenvalue weighted by molar-refractivity contribution is 0.407. The van der Waals surface area contributed by atoms with Crippen LogP contribution in [0.2, 0.25) is 0 Å². The van der Waals surface area contributed by atoms with Gasteiger partial charge in [-0.2, -0.15) is 0 Å². The van der Waals surface area contributed by atoms with E-state index in [0.717, 1.165) is 11.0 Å². The zero-order valence-electron chi connectivity index (χ0n) is 15.2. The van der Waals surface area contributed by atoms with E-state index in [2.05, 4.69) is 9.97 Å². The summed E-state index contributed by atoms with van der Waals surface area (Å²) in [5.74, 6) is 0.390. The number of rotatable bonds is 4. The maximum absolute atomic E-state index is 12.8. The standard InChI is InChI=1S/C16H17N3O2S/c1-11-8-17-14(12(2)16(11)21-3)9-22(20)19-10-18-13-6-4-5-7-15(13)19/h4-8,10H,9H2,1-3H3/i3D3. The fourth-order valence-electron chi connectivity index (χ4n) is 2.34. The number of hydrogen-bond donors (Lipinski definition) is 0. The average Bonchev–Trinajstić information content (AvgIpc) is 2.97. The second-order valence-electron chi connectivity index (χ2n) is 4.97. The molecule has 0 aliphatic rings. The molecule has 0 fully saturated rings. The number of methoxy groups -OCH3 is 1. The van der Waals surface area contributed by atoms with Crippen molar-refractivity contribution in [3.05, 3.63) is 53.6 Å². The molecule has 1 unspecified atom stereocenters. The molecule has 0 N–H and O–H groups in total. The number of pyridine rings is 1. The highest BCUT2D eigenvalue weighted by molar-refractivity contribution is 7.82. The highest BCUT2D eigenvalue weighted by Crippen LogP contribution is 2.25. The third-order valence-corrected chi connectivity index (χ3v) is 4.80. The summed E-state index contributed by atoms with van der Waals surface area (Å²) in [5, 5.41) is 0. The summed E-state index contributed by atoms with van der Waals surface area (Å²) < 4.78 is 41.3. The first-order valence-electron chi connectivity index (χ1n) is 8.21. The summed E-state index contributed by atoms with van der Waals surface area (Å²) in [7, 11) is -3.98. The van der Waals surface area contributed by atoms with Gasteiger partial charge in [0.1, 0.15) is 23.1 Å². The molecule has 0 aliphatic heterocycles. The Balaban J connectivity index is 1.93. The van der Waals surface area contributed by atoms with Gasteiger partial charge in [-0.3, -0.25) is 4.98 Å². The van der Waals surface area contributed by atoms with Gasteiger partial charge in [-0.1, -0.05) is 12.1 Å². The number of hydrogen-bond acceptors (Lipinski definition) is 4. The molecule has 0 aliphatic carbocycles. The highest BCUT2D eigenvalue weighted by Gasteiger charge is 2.14. The maximum atomic E-state index is 12.8. The average molecular weight is 318 g/mol. The molecule has 1 aromatic carbocycles. The molecule has 3 rings (SSSR count). The molecule has 0 spiro atoms. The van der Waals surface area contributed by atoms with E-state index in [1.807, 2.05) is 24.3 Å². The van der Waals surface area contributed by atoms with Crippen molar-refractivity contribution in [2.24, 2.45) is 0 Å². The van der Waals surface area contributed by atoms with Crippen molar-refractivity contribution >= 4 is 22.0 Å². The molecular weight excluding hydrogens is 298 g/mol. The van der Waals surface area contributed by atoms with Gasteiger partial charge in [0.2, 0.25) is 0 Å². The number of nitrogens with zero attached hydrogens (tertiary/aromatic N) is 3. The predicted octanol–water partition coefficient (Wildman–Crippen LogP) is 2.77. The fourth-order valence-corrected chi connectivity index (χ4v) is 3.53. The van der Waals surface area contributed by atoms with Gasteiger partial charge in [0, 0.05) is 17.3 Å². The number of fused-ring (bicyclic) bond motifs is 1. The van der Waals surface area contributed by atoms with Crippen LogP contribution in [0.1, 0.15) is 20.9 Å². The van der Waals surface area contributed by atoms with Crippen LogP contribution >= 0.6 is 0 Å². The van der Waals surface area contributed by atoms with Crippen LogP contribution in [0.15, 0.2) is 36.8 Å². The quantitative estimate of drug-likeness (QED) is 0.742. The largest absolute Gasteiger partial charge is 0.496 e. The molecule has 22 heavy (non-hydrogen) atoms. The lowest BCUT2D eigenvalue weighted by atomic mass is 10.1. The van der Waals surface area contributed by atoms with Crippen molar-refractivity contribution in [2.45, 2.75) is 19.6 Å². The van der Waals surface area contributed by atoms with E-state index in [4.69, 9.17) is 8.85 Å². The van der Waals surface area contributed by atoms with Gasteiger partial charge in [-0.15, -0.1) is 0 Å². The van der Waals surface area contributed by atoms with Crippen LogP contribution in [0.3, 0.4) is 0 Å². The zero-order valence-corrected chi connectivity index (χ0v) is 13.1. The number of aryl methyl sites for hydroxylation is 1. The Bertz CT molecular complexity index is 953. The second-order valence-corrected chi connectivity index (χ2v) is 6.29. The van der Waals surface area contributed by atoms with Gasteiger partial charge in [0.05, 0.1) is 33.6 Å². The summed E-state index contributed by atoms with van der Waals surface area (Å²) in [6.45, 7) is 3.45. The lowest BCUT2D eigenvalue weighted by Crippen LogP contribution is -2.09. The first kappa shape index (κ1) is 11.4. The molecule has 6 heteroatoms. The normalized spacial score (nSPS) is 15.1. The van der Waals surface area contributed by atoms with Crippen molar-refractivity contribution in [1.82, 2.24) is 13.9 Å². The Morgan fingerprint density at radius 2 is 2.14 bits per heavy atom. The number of imidazole rings is 1. The van der Waals surface area contributed by atoms with Crippen molar-refractivity contribution in [2.75, 3.05) is 7.04 Å². The molecule has 1 atom stereocenters. The highest BCUT2D eigenvalue weighted by atomic mass is 32.2. The van der Waals surface area contributed by atoms with Crippen LogP contribution in [0.5, 0.6) is 5.75 Å². The molecule has 0 saturated carbocycles. The first-order chi connectivity index (χ1) is 11.8. The summed E-state index contributed by atoms with van der Waals surface area (Å²) in [6, 6.07) is 7.42. The minimum absolute atomic E-state index is 0.129. The molecule has 0 bridgehead atoms. The van der Waals surface area contributed by atoms with Gasteiger partial charge < -0.3 is 4.74 Å². The van der Waals surface area contributed by atoms with Gasteiger partial charge in [0.15, 0.2) is 0 Å². The summed E-state index contributed by atoms with van der Waals surface area (Å²) in [4.78, 5) is 8.54. The number of para-hydroxylation sites is 2. The fraction of sp³-hybridized carbons (Fsp3) is 0.250. The minimum atomic E-state index is -2.55. The van der Waals surface area contributed by atoms with E-state index >= 15 is 0 Å². The number of aromatic nitrogens is 3. The SMILES string of the molecule is [2H]C([2H])([2H])Oc1c(C)cnc(CS(=O)n2cnc3ccccc32)c1C.